The number of ether oxygens (including phenoxy) is 1. The molecule has 0 aliphatic carbocycles. The summed E-state index contributed by atoms with van der Waals surface area (Å²) in [7, 11) is 0. The van der Waals surface area contributed by atoms with Gasteiger partial charge in [0, 0.05) is 24.6 Å². The fourth-order valence-corrected chi connectivity index (χ4v) is 2.97. The largest absolute Gasteiger partial charge is 0.379 e. The molecule has 1 aliphatic rings. The first-order valence-electron chi connectivity index (χ1n) is 5.86. The van der Waals surface area contributed by atoms with E-state index in [2.05, 4.69) is 23.7 Å². The monoisotopic (exact) mass is 240 g/mol. The summed E-state index contributed by atoms with van der Waals surface area (Å²) in [6.45, 7) is 5.46. The van der Waals surface area contributed by atoms with Crippen LogP contribution in [0.5, 0.6) is 0 Å². The molecule has 2 rings (SSSR count). The van der Waals surface area contributed by atoms with Gasteiger partial charge in [0.1, 0.15) is 0 Å². The van der Waals surface area contributed by atoms with Crippen LogP contribution in [0.2, 0.25) is 0 Å². The molecule has 90 valence electrons. The minimum atomic E-state index is -0.149. The molecule has 16 heavy (non-hydrogen) atoms. The second-order valence-electron chi connectivity index (χ2n) is 4.49. The summed E-state index contributed by atoms with van der Waals surface area (Å²) in [5, 5.41) is 5.61. The predicted octanol–water partition coefficient (Wildman–Crippen LogP) is 1.52. The zero-order chi connectivity index (χ0) is 11.4. The highest BCUT2D eigenvalue weighted by atomic mass is 32.1. The van der Waals surface area contributed by atoms with Crippen molar-refractivity contribution in [3.05, 3.63) is 21.9 Å². The van der Waals surface area contributed by atoms with E-state index in [0.717, 1.165) is 32.5 Å². The second kappa shape index (κ2) is 5.27. The third-order valence-electron chi connectivity index (χ3n) is 3.12. The van der Waals surface area contributed by atoms with Gasteiger partial charge in [0.05, 0.1) is 12.1 Å². The molecule has 1 aromatic rings. The SMILES string of the molecule is CCc1ccsc1CNCC1(N)CCOC1. The Balaban J connectivity index is 1.79. The second-order valence-corrected chi connectivity index (χ2v) is 5.49. The fourth-order valence-electron chi connectivity index (χ4n) is 2.02. The Bertz CT molecular complexity index is 332. The minimum Gasteiger partial charge on any atom is -0.379 e. The molecule has 0 bridgehead atoms. The van der Waals surface area contributed by atoms with Gasteiger partial charge in [-0.3, -0.25) is 0 Å². The van der Waals surface area contributed by atoms with Crippen LogP contribution >= 0.6 is 11.3 Å². The van der Waals surface area contributed by atoms with E-state index in [4.69, 9.17) is 10.5 Å². The summed E-state index contributed by atoms with van der Waals surface area (Å²) in [6.07, 6.45) is 2.07. The molecule has 1 aliphatic heterocycles. The van der Waals surface area contributed by atoms with Crippen molar-refractivity contribution in [2.45, 2.75) is 31.8 Å². The zero-order valence-electron chi connectivity index (χ0n) is 9.79. The predicted molar refractivity (Wildman–Crippen MR) is 67.8 cm³/mol. The summed E-state index contributed by atoms with van der Waals surface area (Å²) < 4.78 is 5.33. The van der Waals surface area contributed by atoms with Crippen LogP contribution in [0.15, 0.2) is 11.4 Å². The third kappa shape index (κ3) is 2.83. The molecule has 0 saturated carbocycles. The number of thiophene rings is 1. The summed E-state index contributed by atoms with van der Waals surface area (Å²) in [5.74, 6) is 0. The number of nitrogens with two attached hydrogens (primary N) is 1. The highest BCUT2D eigenvalue weighted by molar-refractivity contribution is 7.10. The quantitative estimate of drug-likeness (QED) is 0.820. The van der Waals surface area contributed by atoms with Gasteiger partial charge in [-0.15, -0.1) is 11.3 Å². The average molecular weight is 240 g/mol. The molecule has 0 spiro atoms. The number of hydrogen-bond acceptors (Lipinski definition) is 4. The van der Waals surface area contributed by atoms with Crippen molar-refractivity contribution >= 4 is 11.3 Å². The molecule has 1 aromatic heterocycles. The Labute approximate surface area is 101 Å². The van der Waals surface area contributed by atoms with Crippen molar-refractivity contribution in [2.24, 2.45) is 5.73 Å². The maximum absolute atomic E-state index is 6.18. The van der Waals surface area contributed by atoms with Crippen LogP contribution in [0.4, 0.5) is 0 Å². The normalized spacial score (nSPS) is 25.1. The van der Waals surface area contributed by atoms with Gasteiger partial charge in [-0.1, -0.05) is 6.92 Å². The molecule has 3 N–H and O–H groups in total. The molecular weight excluding hydrogens is 220 g/mol. The molecule has 0 aromatic carbocycles. The van der Waals surface area contributed by atoms with Crippen LogP contribution in [0.3, 0.4) is 0 Å². The molecule has 1 atom stereocenters. The third-order valence-corrected chi connectivity index (χ3v) is 4.08. The Kier molecular flexibility index (Phi) is 3.97. The zero-order valence-corrected chi connectivity index (χ0v) is 10.6. The van der Waals surface area contributed by atoms with Crippen LogP contribution in [-0.2, 0) is 17.7 Å². The first-order chi connectivity index (χ1) is 7.73. The number of rotatable bonds is 5. The first kappa shape index (κ1) is 12.0. The lowest BCUT2D eigenvalue weighted by atomic mass is 10.0. The minimum absolute atomic E-state index is 0.149. The summed E-state index contributed by atoms with van der Waals surface area (Å²) in [5.41, 5.74) is 7.49. The lowest BCUT2D eigenvalue weighted by molar-refractivity contribution is 0.177. The molecule has 0 amide bonds. The van der Waals surface area contributed by atoms with Crippen molar-refractivity contribution < 1.29 is 4.74 Å². The standard InChI is InChI=1S/C12H20N2OS/c1-2-10-3-6-16-11(10)7-14-8-12(13)4-5-15-9-12/h3,6,14H,2,4-5,7-9,13H2,1H3. The van der Waals surface area contributed by atoms with Crippen molar-refractivity contribution in [1.29, 1.82) is 0 Å². The van der Waals surface area contributed by atoms with Gasteiger partial charge in [-0.25, -0.2) is 0 Å². The Hall–Kier alpha value is -0.420. The molecule has 1 fully saturated rings. The van der Waals surface area contributed by atoms with Crippen LogP contribution in [-0.4, -0.2) is 25.3 Å². The summed E-state index contributed by atoms with van der Waals surface area (Å²) in [6, 6.07) is 2.21. The fraction of sp³-hybridized carbons (Fsp3) is 0.667. The molecule has 4 heteroatoms. The van der Waals surface area contributed by atoms with Gasteiger partial charge in [-0.05, 0) is 29.9 Å². The Morgan fingerprint density at radius 2 is 2.50 bits per heavy atom. The van der Waals surface area contributed by atoms with Crippen LogP contribution in [0.25, 0.3) is 0 Å². The number of hydrogen-bond donors (Lipinski definition) is 2. The molecular formula is C12H20N2OS. The molecule has 1 unspecified atom stereocenters. The van der Waals surface area contributed by atoms with Gasteiger partial charge >= 0.3 is 0 Å². The van der Waals surface area contributed by atoms with E-state index < -0.39 is 0 Å². The average Bonchev–Trinajstić information content (AvgIpc) is 2.88. The summed E-state index contributed by atoms with van der Waals surface area (Å²) >= 11 is 1.82. The van der Waals surface area contributed by atoms with Crippen molar-refractivity contribution in [1.82, 2.24) is 5.32 Å². The highest BCUT2D eigenvalue weighted by Crippen LogP contribution is 2.18. The van der Waals surface area contributed by atoms with E-state index in [1.165, 1.54) is 10.4 Å². The van der Waals surface area contributed by atoms with E-state index in [1.54, 1.807) is 0 Å². The van der Waals surface area contributed by atoms with Crippen LogP contribution < -0.4 is 11.1 Å². The molecule has 0 radical (unpaired) electrons. The van der Waals surface area contributed by atoms with E-state index in [0.29, 0.717) is 6.61 Å². The maximum Gasteiger partial charge on any atom is 0.0659 e. The summed E-state index contributed by atoms with van der Waals surface area (Å²) in [4.78, 5) is 1.44. The molecule has 3 nitrogen and oxygen atoms in total. The van der Waals surface area contributed by atoms with E-state index in [9.17, 15) is 0 Å². The van der Waals surface area contributed by atoms with Gasteiger partial charge < -0.3 is 15.8 Å². The number of aryl methyl sites for hydroxylation is 1. The van der Waals surface area contributed by atoms with Crippen LogP contribution in [0, 0.1) is 0 Å². The number of nitrogens with one attached hydrogen (secondary N) is 1. The highest BCUT2D eigenvalue weighted by Gasteiger charge is 2.29. The van der Waals surface area contributed by atoms with Crippen molar-refractivity contribution in [3.63, 3.8) is 0 Å². The topological polar surface area (TPSA) is 47.3 Å². The molecule has 2 heterocycles. The lowest BCUT2D eigenvalue weighted by Gasteiger charge is -2.22. The first-order valence-corrected chi connectivity index (χ1v) is 6.74. The van der Waals surface area contributed by atoms with E-state index in [-0.39, 0.29) is 5.54 Å². The Morgan fingerprint density at radius 1 is 1.62 bits per heavy atom. The van der Waals surface area contributed by atoms with Crippen LogP contribution in [0.1, 0.15) is 23.8 Å². The Morgan fingerprint density at radius 3 is 3.19 bits per heavy atom. The van der Waals surface area contributed by atoms with Gasteiger partial charge in [-0.2, -0.15) is 0 Å². The lowest BCUT2D eigenvalue weighted by Crippen LogP contribution is -2.49. The van der Waals surface area contributed by atoms with Crippen molar-refractivity contribution in [3.8, 4) is 0 Å². The smallest absolute Gasteiger partial charge is 0.0659 e. The van der Waals surface area contributed by atoms with Gasteiger partial charge in [0.2, 0.25) is 0 Å². The van der Waals surface area contributed by atoms with Crippen molar-refractivity contribution in [2.75, 3.05) is 19.8 Å². The molecule has 1 saturated heterocycles. The van der Waals surface area contributed by atoms with Gasteiger partial charge in [0.15, 0.2) is 0 Å². The van der Waals surface area contributed by atoms with Gasteiger partial charge in [0.25, 0.3) is 0 Å². The van der Waals surface area contributed by atoms with E-state index >= 15 is 0 Å². The maximum atomic E-state index is 6.18. The van der Waals surface area contributed by atoms with E-state index in [1.807, 2.05) is 11.3 Å².